The Balaban J connectivity index is 1.88. The lowest BCUT2D eigenvalue weighted by atomic mass is 9.81. The molecule has 0 unspecified atom stereocenters. The maximum absolute atomic E-state index is 12.2. The number of carbonyl (C=O) groups is 1. The number of aromatic nitrogens is 3. The van der Waals surface area contributed by atoms with E-state index in [4.69, 9.17) is 4.52 Å². The van der Waals surface area contributed by atoms with Gasteiger partial charge in [0.15, 0.2) is 0 Å². The van der Waals surface area contributed by atoms with Crippen molar-refractivity contribution < 1.29 is 9.32 Å². The van der Waals surface area contributed by atoms with Crippen molar-refractivity contribution in [3.8, 4) is 11.4 Å². The molecule has 3 rings (SSSR count). The van der Waals surface area contributed by atoms with E-state index in [1.807, 2.05) is 19.1 Å². The summed E-state index contributed by atoms with van der Waals surface area (Å²) in [6.45, 7) is 2.00. The Morgan fingerprint density at radius 1 is 1.26 bits per heavy atom. The van der Waals surface area contributed by atoms with Gasteiger partial charge in [0.1, 0.15) is 5.54 Å². The first-order chi connectivity index (χ1) is 11.2. The summed E-state index contributed by atoms with van der Waals surface area (Å²) in [5.74, 6) is 1.11. The second-order valence-corrected chi connectivity index (χ2v) is 6.10. The van der Waals surface area contributed by atoms with Gasteiger partial charge in [-0.15, -0.1) is 0 Å². The number of hydrogen-bond acceptors (Lipinski definition) is 5. The van der Waals surface area contributed by atoms with Crippen LogP contribution < -0.4 is 5.32 Å². The highest BCUT2D eigenvalue weighted by Crippen LogP contribution is 2.37. The van der Waals surface area contributed by atoms with Gasteiger partial charge in [0.05, 0.1) is 0 Å². The fourth-order valence-corrected chi connectivity index (χ4v) is 3.14. The Morgan fingerprint density at radius 3 is 2.70 bits per heavy atom. The van der Waals surface area contributed by atoms with E-state index >= 15 is 0 Å². The van der Waals surface area contributed by atoms with Crippen LogP contribution in [0.15, 0.2) is 29.0 Å². The molecular formula is C17H22N4O2. The van der Waals surface area contributed by atoms with Gasteiger partial charge in [-0.05, 0) is 31.4 Å². The van der Waals surface area contributed by atoms with Crippen LogP contribution in [0.3, 0.4) is 0 Å². The van der Waals surface area contributed by atoms with Gasteiger partial charge in [-0.3, -0.25) is 9.78 Å². The van der Waals surface area contributed by atoms with E-state index in [9.17, 15) is 4.79 Å². The van der Waals surface area contributed by atoms with E-state index in [0.717, 1.165) is 37.7 Å². The molecule has 0 spiro atoms. The van der Waals surface area contributed by atoms with Crippen LogP contribution in [-0.4, -0.2) is 21.0 Å². The molecule has 1 N–H and O–H groups in total. The van der Waals surface area contributed by atoms with Crippen LogP contribution in [0.4, 0.5) is 0 Å². The Hall–Kier alpha value is -2.24. The Morgan fingerprint density at radius 2 is 2.00 bits per heavy atom. The van der Waals surface area contributed by atoms with Gasteiger partial charge in [-0.2, -0.15) is 4.98 Å². The summed E-state index contributed by atoms with van der Waals surface area (Å²) >= 11 is 0. The van der Waals surface area contributed by atoms with Crippen LogP contribution in [0.1, 0.15) is 57.8 Å². The minimum absolute atomic E-state index is 0.0538. The van der Waals surface area contributed by atoms with Crippen LogP contribution in [-0.2, 0) is 10.3 Å². The van der Waals surface area contributed by atoms with Gasteiger partial charge in [0, 0.05) is 24.4 Å². The molecule has 6 heteroatoms. The van der Waals surface area contributed by atoms with Crippen LogP contribution in [0.2, 0.25) is 0 Å². The summed E-state index contributed by atoms with van der Waals surface area (Å²) in [5.41, 5.74) is 0.351. The molecule has 6 nitrogen and oxygen atoms in total. The zero-order chi connectivity index (χ0) is 16.1. The maximum atomic E-state index is 12.2. The summed E-state index contributed by atoms with van der Waals surface area (Å²) in [4.78, 5) is 20.7. The third-order valence-electron chi connectivity index (χ3n) is 4.34. The molecule has 0 atom stereocenters. The van der Waals surface area contributed by atoms with Crippen molar-refractivity contribution in [2.45, 2.75) is 57.4 Å². The lowest BCUT2D eigenvalue weighted by Crippen LogP contribution is -2.47. The van der Waals surface area contributed by atoms with Crippen LogP contribution in [0.25, 0.3) is 11.4 Å². The van der Waals surface area contributed by atoms with E-state index < -0.39 is 5.54 Å². The van der Waals surface area contributed by atoms with Crippen molar-refractivity contribution in [1.29, 1.82) is 0 Å². The van der Waals surface area contributed by atoms with Crippen molar-refractivity contribution in [2.24, 2.45) is 0 Å². The molecule has 1 aliphatic carbocycles. The van der Waals surface area contributed by atoms with Gasteiger partial charge in [-0.25, -0.2) is 0 Å². The topological polar surface area (TPSA) is 80.9 Å². The molecular weight excluding hydrogens is 292 g/mol. The molecule has 1 fully saturated rings. The third-order valence-corrected chi connectivity index (χ3v) is 4.34. The Kier molecular flexibility index (Phi) is 4.69. The van der Waals surface area contributed by atoms with Crippen LogP contribution in [0.5, 0.6) is 0 Å². The van der Waals surface area contributed by atoms with E-state index in [-0.39, 0.29) is 5.91 Å². The van der Waals surface area contributed by atoms with Crippen molar-refractivity contribution in [3.63, 3.8) is 0 Å². The van der Waals surface area contributed by atoms with Crippen molar-refractivity contribution >= 4 is 5.91 Å². The van der Waals surface area contributed by atoms with Crippen LogP contribution in [0, 0.1) is 0 Å². The molecule has 1 aliphatic rings. The molecule has 0 radical (unpaired) electrons. The monoisotopic (exact) mass is 314 g/mol. The highest BCUT2D eigenvalue weighted by molar-refractivity contribution is 5.76. The number of carbonyl (C=O) groups excluding carboxylic acids is 1. The van der Waals surface area contributed by atoms with E-state index in [2.05, 4.69) is 20.4 Å². The van der Waals surface area contributed by atoms with Crippen LogP contribution >= 0.6 is 0 Å². The van der Waals surface area contributed by atoms with Crippen molar-refractivity contribution in [1.82, 2.24) is 20.4 Å². The molecule has 122 valence electrons. The van der Waals surface area contributed by atoms with Gasteiger partial charge >= 0.3 is 0 Å². The number of nitrogens with zero attached hydrogens (tertiary/aromatic N) is 3. The molecule has 0 saturated heterocycles. The zero-order valence-corrected chi connectivity index (χ0v) is 13.4. The molecule has 1 amide bonds. The predicted molar refractivity (Wildman–Crippen MR) is 85.3 cm³/mol. The average Bonchev–Trinajstić information content (AvgIpc) is 3.07. The summed E-state index contributed by atoms with van der Waals surface area (Å²) in [7, 11) is 0. The zero-order valence-electron chi connectivity index (χ0n) is 13.4. The first-order valence-corrected chi connectivity index (χ1v) is 8.29. The van der Waals surface area contributed by atoms with E-state index in [1.54, 1.807) is 12.4 Å². The number of amides is 1. The van der Waals surface area contributed by atoms with Gasteiger partial charge in [0.2, 0.25) is 11.7 Å². The smallest absolute Gasteiger partial charge is 0.252 e. The molecule has 1 saturated carbocycles. The third kappa shape index (κ3) is 3.41. The molecule has 2 heterocycles. The maximum Gasteiger partial charge on any atom is 0.252 e. The predicted octanol–water partition coefficient (Wildman–Crippen LogP) is 3.21. The molecule has 23 heavy (non-hydrogen) atoms. The summed E-state index contributed by atoms with van der Waals surface area (Å²) in [5, 5.41) is 7.26. The molecule has 0 aromatic carbocycles. The lowest BCUT2D eigenvalue weighted by Gasteiger charge is -2.34. The molecule has 2 aromatic heterocycles. The second-order valence-electron chi connectivity index (χ2n) is 6.10. The van der Waals surface area contributed by atoms with Gasteiger partial charge < -0.3 is 9.84 Å². The minimum Gasteiger partial charge on any atom is -0.342 e. The summed E-state index contributed by atoms with van der Waals surface area (Å²) < 4.78 is 5.54. The molecule has 2 aromatic rings. The standard InChI is InChI=1S/C17H22N4O2/c1-2-6-14(22)20-17(9-4-3-5-10-17)16-19-15(21-23-16)13-7-11-18-12-8-13/h7-8,11-12H,2-6,9-10H2,1H3,(H,20,22). The highest BCUT2D eigenvalue weighted by Gasteiger charge is 2.40. The summed E-state index contributed by atoms with van der Waals surface area (Å²) in [6, 6.07) is 3.69. The van der Waals surface area contributed by atoms with Gasteiger partial charge in [0.25, 0.3) is 5.89 Å². The molecule has 0 bridgehead atoms. The van der Waals surface area contributed by atoms with Gasteiger partial charge in [-0.1, -0.05) is 31.3 Å². The lowest BCUT2D eigenvalue weighted by molar-refractivity contribution is -0.124. The summed E-state index contributed by atoms with van der Waals surface area (Å²) in [6.07, 6.45) is 9.73. The first kappa shape index (κ1) is 15.6. The van der Waals surface area contributed by atoms with Crippen molar-refractivity contribution in [2.75, 3.05) is 0 Å². The van der Waals surface area contributed by atoms with E-state index in [1.165, 1.54) is 6.42 Å². The minimum atomic E-state index is -0.511. The van der Waals surface area contributed by atoms with E-state index in [0.29, 0.717) is 18.1 Å². The number of pyridine rings is 1. The number of hydrogen-bond donors (Lipinski definition) is 1. The van der Waals surface area contributed by atoms with Crippen molar-refractivity contribution in [3.05, 3.63) is 30.4 Å². The largest absolute Gasteiger partial charge is 0.342 e. The highest BCUT2D eigenvalue weighted by atomic mass is 16.5. The normalized spacial score (nSPS) is 16.9. The Bertz CT molecular complexity index is 648. The fraction of sp³-hybridized carbons (Fsp3) is 0.529. The SMILES string of the molecule is CCCC(=O)NC1(c2nc(-c3ccncc3)no2)CCCCC1. The fourth-order valence-electron chi connectivity index (χ4n) is 3.14. The number of rotatable bonds is 5. The molecule has 0 aliphatic heterocycles. The first-order valence-electron chi connectivity index (χ1n) is 8.29. The second kappa shape index (κ2) is 6.89. The average molecular weight is 314 g/mol. The quantitative estimate of drug-likeness (QED) is 0.916. The number of nitrogens with one attached hydrogen (secondary N) is 1. The Labute approximate surface area is 135 Å².